The highest BCUT2D eigenvalue weighted by atomic mass is 32.2. The van der Waals surface area contributed by atoms with E-state index in [1.165, 1.54) is 12.1 Å². The molecule has 1 aromatic rings. The van der Waals surface area contributed by atoms with Crippen LogP contribution in [0, 0.1) is 0 Å². The molecule has 0 unspecified atom stereocenters. The normalized spacial score (nSPS) is 12.4. The van der Waals surface area contributed by atoms with Gasteiger partial charge < -0.3 is 10.8 Å². The Bertz CT molecular complexity index is 594. The number of rotatable bonds is 5. The number of carboxylic acids is 1. The second kappa shape index (κ2) is 5.18. The molecule has 0 heterocycles. The van der Waals surface area contributed by atoms with Crippen LogP contribution < -0.4 is 10.5 Å². The van der Waals surface area contributed by atoms with Gasteiger partial charge in [0.05, 0.1) is 10.5 Å². The highest BCUT2D eigenvalue weighted by molar-refractivity contribution is 7.89. The van der Waals surface area contributed by atoms with Crippen LogP contribution in [-0.4, -0.2) is 25.0 Å². The summed E-state index contributed by atoms with van der Waals surface area (Å²) in [6.45, 7) is 5.27. The molecule has 0 aromatic heterocycles. The Morgan fingerprint density at radius 1 is 1.42 bits per heavy atom. The molecule has 0 atom stereocenters. The maximum atomic E-state index is 12.3. The lowest BCUT2D eigenvalue weighted by atomic mass is 10.0. The van der Waals surface area contributed by atoms with Gasteiger partial charge in [-0.3, -0.25) is 0 Å². The van der Waals surface area contributed by atoms with Crippen LogP contribution in [0.4, 0.5) is 5.69 Å². The van der Waals surface area contributed by atoms with Gasteiger partial charge in [0.25, 0.3) is 0 Å². The highest BCUT2D eigenvalue weighted by Crippen LogP contribution is 2.21. The molecule has 1 rings (SSSR count). The minimum absolute atomic E-state index is 0.194. The van der Waals surface area contributed by atoms with Crippen molar-refractivity contribution in [3.63, 3.8) is 0 Å². The van der Waals surface area contributed by atoms with Crippen molar-refractivity contribution >= 4 is 21.7 Å². The van der Waals surface area contributed by atoms with Gasteiger partial charge in [-0.05, 0) is 38.5 Å². The fourth-order valence-electron chi connectivity index (χ4n) is 1.43. The minimum atomic E-state index is -3.94. The molecule has 0 radical (unpaired) electrons. The van der Waals surface area contributed by atoms with Gasteiger partial charge in [0.2, 0.25) is 10.0 Å². The average molecular weight is 286 g/mol. The van der Waals surface area contributed by atoms with E-state index >= 15 is 0 Å². The molecule has 0 spiro atoms. The summed E-state index contributed by atoms with van der Waals surface area (Å²) >= 11 is 0. The number of anilines is 1. The van der Waals surface area contributed by atoms with Crippen LogP contribution in [0.25, 0.3) is 0 Å². The van der Waals surface area contributed by atoms with E-state index < -0.39 is 21.5 Å². The van der Waals surface area contributed by atoms with Gasteiger partial charge in [0.1, 0.15) is 0 Å². The largest absolute Gasteiger partial charge is 0.478 e. The van der Waals surface area contributed by atoms with Crippen molar-refractivity contribution in [2.45, 2.75) is 37.6 Å². The lowest BCUT2D eigenvalue weighted by molar-refractivity contribution is 0.0692. The molecule has 19 heavy (non-hydrogen) atoms. The number of sulfonamides is 1. The van der Waals surface area contributed by atoms with E-state index in [-0.39, 0.29) is 16.1 Å². The van der Waals surface area contributed by atoms with Crippen molar-refractivity contribution in [3.05, 3.63) is 23.8 Å². The van der Waals surface area contributed by atoms with Crippen LogP contribution >= 0.6 is 0 Å². The third-order valence-electron chi connectivity index (χ3n) is 2.82. The van der Waals surface area contributed by atoms with Gasteiger partial charge in [-0.25, -0.2) is 17.9 Å². The van der Waals surface area contributed by atoms with E-state index in [0.717, 1.165) is 6.07 Å². The van der Waals surface area contributed by atoms with Crippen molar-refractivity contribution < 1.29 is 18.3 Å². The maximum absolute atomic E-state index is 12.3. The van der Waals surface area contributed by atoms with Crippen molar-refractivity contribution in [3.8, 4) is 0 Å². The Morgan fingerprint density at radius 3 is 2.47 bits per heavy atom. The summed E-state index contributed by atoms with van der Waals surface area (Å²) < 4.78 is 27.0. The zero-order valence-corrected chi connectivity index (χ0v) is 11.9. The van der Waals surface area contributed by atoms with Crippen molar-refractivity contribution in [1.82, 2.24) is 4.72 Å². The summed E-state index contributed by atoms with van der Waals surface area (Å²) in [6, 6.07) is 3.69. The zero-order chi connectivity index (χ0) is 14.8. The number of aromatic carboxylic acids is 1. The number of carbonyl (C=O) groups is 1. The summed E-state index contributed by atoms with van der Waals surface area (Å²) in [4.78, 5) is 10.8. The fourth-order valence-corrected chi connectivity index (χ4v) is 3.15. The SMILES string of the molecule is CCC(C)(C)NS(=O)(=O)c1cc(N)ccc1C(=O)O. The lowest BCUT2D eigenvalue weighted by Gasteiger charge is -2.24. The Kier molecular flexibility index (Phi) is 4.21. The molecule has 0 saturated carbocycles. The molecule has 6 nitrogen and oxygen atoms in total. The second-order valence-corrected chi connectivity index (χ2v) is 6.55. The Morgan fingerprint density at radius 2 is 2.00 bits per heavy atom. The fraction of sp³-hybridized carbons (Fsp3) is 0.417. The maximum Gasteiger partial charge on any atom is 0.337 e. The number of nitrogen functional groups attached to an aromatic ring is 1. The van der Waals surface area contributed by atoms with E-state index in [2.05, 4.69) is 4.72 Å². The van der Waals surface area contributed by atoms with E-state index in [1.54, 1.807) is 13.8 Å². The van der Waals surface area contributed by atoms with Crippen LogP contribution in [0.3, 0.4) is 0 Å². The number of carboxylic acid groups (broad SMARTS) is 1. The predicted molar refractivity (Wildman–Crippen MR) is 72.5 cm³/mol. The quantitative estimate of drug-likeness (QED) is 0.709. The third-order valence-corrected chi connectivity index (χ3v) is 4.56. The molecule has 106 valence electrons. The predicted octanol–water partition coefficient (Wildman–Crippen LogP) is 1.43. The number of nitrogens with one attached hydrogen (secondary N) is 1. The Balaban J connectivity index is 3.36. The second-order valence-electron chi connectivity index (χ2n) is 4.90. The lowest BCUT2D eigenvalue weighted by Crippen LogP contribution is -2.43. The van der Waals surface area contributed by atoms with Gasteiger partial charge in [-0.1, -0.05) is 6.92 Å². The smallest absolute Gasteiger partial charge is 0.337 e. The number of benzene rings is 1. The summed E-state index contributed by atoms with van der Waals surface area (Å²) in [7, 11) is -3.94. The summed E-state index contributed by atoms with van der Waals surface area (Å²) in [5.41, 5.74) is 4.76. The molecule has 0 saturated heterocycles. The first-order valence-corrected chi connectivity index (χ1v) is 7.24. The molecule has 0 bridgehead atoms. The van der Waals surface area contributed by atoms with Crippen molar-refractivity contribution in [2.24, 2.45) is 0 Å². The number of nitrogens with two attached hydrogens (primary N) is 1. The third kappa shape index (κ3) is 3.68. The highest BCUT2D eigenvalue weighted by Gasteiger charge is 2.28. The molecular formula is C12H18N2O4S. The monoisotopic (exact) mass is 286 g/mol. The molecule has 7 heteroatoms. The first-order valence-electron chi connectivity index (χ1n) is 5.76. The Hall–Kier alpha value is -1.60. The molecule has 1 aromatic carbocycles. The number of hydrogen-bond donors (Lipinski definition) is 3. The molecule has 0 amide bonds. The van der Waals surface area contributed by atoms with Gasteiger partial charge in [-0.2, -0.15) is 0 Å². The molecule has 0 fully saturated rings. The van der Waals surface area contributed by atoms with Crippen LogP contribution in [0.2, 0.25) is 0 Å². The van der Waals surface area contributed by atoms with E-state index in [0.29, 0.717) is 6.42 Å². The number of hydrogen-bond acceptors (Lipinski definition) is 4. The van der Waals surface area contributed by atoms with E-state index in [4.69, 9.17) is 10.8 Å². The van der Waals surface area contributed by atoms with Gasteiger partial charge in [0, 0.05) is 11.2 Å². The van der Waals surface area contributed by atoms with Crippen LogP contribution in [-0.2, 0) is 10.0 Å². The standard InChI is InChI=1S/C12H18N2O4S/c1-4-12(2,3)14-19(17,18)10-7-8(13)5-6-9(10)11(15)16/h5-7,14H,4,13H2,1-3H3,(H,15,16). The average Bonchev–Trinajstić information content (AvgIpc) is 2.27. The van der Waals surface area contributed by atoms with E-state index in [1.807, 2.05) is 6.92 Å². The first-order chi connectivity index (χ1) is 8.59. The molecule has 4 N–H and O–H groups in total. The van der Waals surface area contributed by atoms with Crippen molar-refractivity contribution in [2.75, 3.05) is 5.73 Å². The topological polar surface area (TPSA) is 109 Å². The Labute approximate surface area is 112 Å². The van der Waals surface area contributed by atoms with Gasteiger partial charge in [0.15, 0.2) is 0 Å². The van der Waals surface area contributed by atoms with Crippen LogP contribution in [0.5, 0.6) is 0 Å². The zero-order valence-electron chi connectivity index (χ0n) is 11.1. The van der Waals surface area contributed by atoms with Crippen LogP contribution in [0.1, 0.15) is 37.6 Å². The summed E-state index contributed by atoms with van der Waals surface area (Å²) in [5, 5.41) is 9.04. The summed E-state index contributed by atoms with van der Waals surface area (Å²) in [6.07, 6.45) is 0.566. The van der Waals surface area contributed by atoms with Gasteiger partial charge >= 0.3 is 5.97 Å². The molecule has 0 aliphatic carbocycles. The van der Waals surface area contributed by atoms with Crippen molar-refractivity contribution in [1.29, 1.82) is 0 Å². The first kappa shape index (κ1) is 15.5. The summed E-state index contributed by atoms with van der Waals surface area (Å²) in [5.74, 6) is -1.31. The molecule has 0 aliphatic heterocycles. The molecular weight excluding hydrogens is 268 g/mol. The van der Waals surface area contributed by atoms with Crippen LogP contribution in [0.15, 0.2) is 23.1 Å². The van der Waals surface area contributed by atoms with Gasteiger partial charge in [-0.15, -0.1) is 0 Å². The molecule has 0 aliphatic rings. The minimum Gasteiger partial charge on any atom is -0.478 e. The van der Waals surface area contributed by atoms with E-state index in [9.17, 15) is 13.2 Å².